The predicted molar refractivity (Wildman–Crippen MR) is 136 cm³/mol. The molecule has 1 aliphatic rings. The predicted octanol–water partition coefficient (Wildman–Crippen LogP) is 5.68. The molecule has 1 amide bonds. The lowest BCUT2D eigenvalue weighted by Crippen LogP contribution is -2.31. The largest absolute Gasteiger partial charge is 0.374 e. The fourth-order valence-corrected chi connectivity index (χ4v) is 4.43. The average Bonchev–Trinajstić information content (AvgIpc) is 2.79. The Morgan fingerprint density at radius 3 is 2.36 bits per heavy atom. The van der Waals surface area contributed by atoms with Gasteiger partial charge in [0.15, 0.2) is 0 Å². The van der Waals surface area contributed by atoms with Gasteiger partial charge in [0.25, 0.3) is 5.91 Å². The number of benzene rings is 1. The van der Waals surface area contributed by atoms with Gasteiger partial charge in [0, 0.05) is 20.4 Å². The highest BCUT2D eigenvalue weighted by Gasteiger charge is 2.28. The van der Waals surface area contributed by atoms with Crippen molar-refractivity contribution < 1.29 is 22.9 Å². The molecule has 10 heteroatoms. The monoisotopic (exact) mass is 518 g/mol. The summed E-state index contributed by atoms with van der Waals surface area (Å²) in [5, 5.41) is 2.77. The lowest BCUT2D eigenvalue weighted by Gasteiger charge is -2.32. The van der Waals surface area contributed by atoms with Crippen LogP contribution in [0.25, 0.3) is 11.3 Å². The van der Waals surface area contributed by atoms with Crippen molar-refractivity contribution in [3.63, 3.8) is 0 Å². The Hall–Kier alpha value is -2.87. The van der Waals surface area contributed by atoms with E-state index in [2.05, 4.69) is 22.2 Å². The maximum absolute atomic E-state index is 14.3. The van der Waals surface area contributed by atoms with Gasteiger partial charge in [-0.25, -0.2) is 18.2 Å². The lowest BCUT2D eigenvalue weighted by molar-refractivity contribution is 0.102. The van der Waals surface area contributed by atoms with Crippen molar-refractivity contribution in [3.8, 4) is 11.3 Å². The van der Waals surface area contributed by atoms with Gasteiger partial charge in [-0.05, 0) is 80.3 Å². The van der Waals surface area contributed by atoms with E-state index in [0.717, 1.165) is 43.0 Å². The third-order valence-electron chi connectivity index (χ3n) is 5.80. The van der Waals surface area contributed by atoms with Crippen LogP contribution in [0.15, 0.2) is 48.8 Å². The molecule has 192 valence electrons. The van der Waals surface area contributed by atoms with Crippen LogP contribution in [0.2, 0.25) is 0 Å². The number of pyridine rings is 2. The van der Waals surface area contributed by atoms with Gasteiger partial charge in [-0.15, -0.1) is 0 Å². The van der Waals surface area contributed by atoms with E-state index in [1.807, 2.05) is 6.07 Å². The summed E-state index contributed by atoms with van der Waals surface area (Å²) in [5.74, 6) is -2.88. The third kappa shape index (κ3) is 7.09. The van der Waals surface area contributed by atoms with Crippen LogP contribution in [-0.4, -0.2) is 40.1 Å². The van der Waals surface area contributed by atoms with Gasteiger partial charge < -0.3 is 15.9 Å². The summed E-state index contributed by atoms with van der Waals surface area (Å²) < 4.78 is 42.6. The molecule has 0 radical (unpaired) electrons. The average molecular weight is 519 g/mol. The minimum Gasteiger partial charge on any atom is -0.374 e. The molecule has 0 spiro atoms. The number of halogens is 3. The number of nitrogens with one attached hydrogen (secondary N) is 1. The second-order valence-electron chi connectivity index (χ2n) is 9.16. The Morgan fingerprint density at radius 2 is 1.72 bits per heavy atom. The van der Waals surface area contributed by atoms with E-state index in [1.54, 1.807) is 25.7 Å². The van der Waals surface area contributed by atoms with Crippen LogP contribution in [-0.2, 0) is 0 Å². The third-order valence-corrected chi connectivity index (χ3v) is 5.80. The second kappa shape index (κ2) is 12.4. The van der Waals surface area contributed by atoms with Crippen LogP contribution < -0.4 is 11.1 Å². The molecular formula is C26H30F3N4O2P. The molecule has 1 aliphatic carbocycles. The van der Waals surface area contributed by atoms with E-state index in [0.29, 0.717) is 11.6 Å². The number of carbonyl (C=O) groups excluding carboxylic acids is 1. The number of amides is 1. The van der Waals surface area contributed by atoms with Crippen LogP contribution in [0.1, 0.15) is 48.2 Å². The summed E-state index contributed by atoms with van der Waals surface area (Å²) in [6, 6.07) is 7.25. The maximum atomic E-state index is 14.3. The highest BCUT2D eigenvalue weighted by molar-refractivity contribution is 7.49. The molecule has 1 saturated carbocycles. The van der Waals surface area contributed by atoms with E-state index in [1.165, 1.54) is 12.1 Å². The number of hydrogen-bond acceptors (Lipinski definition) is 5. The van der Waals surface area contributed by atoms with Crippen molar-refractivity contribution >= 4 is 19.7 Å². The van der Waals surface area contributed by atoms with E-state index in [4.69, 9.17) is 10.6 Å². The lowest BCUT2D eigenvalue weighted by atomic mass is 9.76. The summed E-state index contributed by atoms with van der Waals surface area (Å²) in [6.45, 7) is 5.72. The van der Waals surface area contributed by atoms with Crippen molar-refractivity contribution in [2.45, 2.75) is 38.1 Å². The van der Waals surface area contributed by atoms with Crippen molar-refractivity contribution in [1.29, 1.82) is 0 Å². The zero-order chi connectivity index (χ0) is 26.4. The molecule has 3 aromatic rings. The summed E-state index contributed by atoms with van der Waals surface area (Å²) in [7, 11) is -0.620. The number of hydrogen-bond donors (Lipinski definition) is 3. The quantitative estimate of drug-likeness (QED) is 0.386. The zero-order valence-corrected chi connectivity index (χ0v) is 21.3. The Balaban J connectivity index is 0.000000840. The highest BCUT2D eigenvalue weighted by atomic mass is 31.1. The van der Waals surface area contributed by atoms with Crippen LogP contribution in [0.5, 0.6) is 0 Å². The fourth-order valence-electron chi connectivity index (χ4n) is 4.43. The molecule has 6 nitrogen and oxygen atoms in total. The van der Waals surface area contributed by atoms with Gasteiger partial charge in [-0.1, -0.05) is 13.0 Å². The Kier molecular flexibility index (Phi) is 9.54. The number of carbonyl (C=O) groups is 1. The highest BCUT2D eigenvalue weighted by Crippen LogP contribution is 2.38. The van der Waals surface area contributed by atoms with Gasteiger partial charge in [0.2, 0.25) is 0 Å². The van der Waals surface area contributed by atoms with Crippen molar-refractivity contribution in [3.05, 3.63) is 77.5 Å². The van der Waals surface area contributed by atoms with Gasteiger partial charge in [0.05, 0.1) is 17.4 Å². The van der Waals surface area contributed by atoms with Crippen molar-refractivity contribution in [2.75, 3.05) is 18.6 Å². The first-order valence-corrected chi connectivity index (χ1v) is 13.7. The summed E-state index contributed by atoms with van der Waals surface area (Å²) in [4.78, 5) is 29.0. The van der Waals surface area contributed by atoms with Gasteiger partial charge >= 0.3 is 0 Å². The molecule has 2 heterocycles. The van der Waals surface area contributed by atoms with Gasteiger partial charge in [-0.3, -0.25) is 9.78 Å². The first-order valence-electron chi connectivity index (χ1n) is 11.5. The fraction of sp³-hybridized carbons (Fsp3) is 0.346. The van der Waals surface area contributed by atoms with Gasteiger partial charge in [-0.2, -0.15) is 0 Å². The zero-order valence-electron chi connectivity index (χ0n) is 20.4. The minimum atomic E-state index is -0.966. The molecule has 36 heavy (non-hydrogen) atoms. The molecule has 3 unspecified atom stereocenters. The van der Waals surface area contributed by atoms with Crippen molar-refractivity contribution in [1.82, 2.24) is 9.97 Å². The minimum absolute atomic E-state index is 0.0810. The number of nitrogens with two attached hydrogens (primary N) is 1. The Labute approximate surface area is 210 Å². The summed E-state index contributed by atoms with van der Waals surface area (Å²) in [5.41, 5.74) is 6.26. The van der Waals surface area contributed by atoms with E-state index in [-0.39, 0.29) is 17.7 Å². The van der Waals surface area contributed by atoms with E-state index in [9.17, 15) is 18.0 Å². The van der Waals surface area contributed by atoms with Crippen LogP contribution in [0.4, 0.5) is 18.9 Å². The molecule has 0 bridgehead atoms. The molecule has 0 aliphatic heterocycles. The molecular weight excluding hydrogens is 488 g/mol. The molecule has 4 rings (SSSR count). The Morgan fingerprint density at radius 1 is 1.06 bits per heavy atom. The summed E-state index contributed by atoms with van der Waals surface area (Å²) in [6.07, 6.45) is 5.89. The molecule has 0 saturated heterocycles. The number of aromatic nitrogens is 2. The molecule has 1 aromatic carbocycles. The molecule has 4 N–H and O–H groups in total. The SMILES string of the molecule is CC1CC(N)CC(c2ccncc2NC(=O)c2ccc(F)c(-c3c(F)cccc3F)n2)C1.CP(C)O. The first-order chi connectivity index (χ1) is 17.1. The van der Waals surface area contributed by atoms with Crippen LogP contribution in [0.3, 0.4) is 0 Å². The normalized spacial score (nSPS) is 19.4. The number of nitrogens with zero attached hydrogens (tertiary/aromatic N) is 2. The number of anilines is 1. The maximum Gasteiger partial charge on any atom is 0.274 e. The van der Waals surface area contributed by atoms with E-state index >= 15 is 0 Å². The standard InChI is InChI=1S/C24H23F3N4O.C2H7OP/c1-13-9-14(11-15(28)10-13)16-7-8-29-12-21(16)31-24(32)20-6-5-19(27)23(30-20)22-17(25)3-2-4-18(22)26;1-4(2)3/h2-8,12-15H,9-11,28H2,1H3,(H,31,32);3H,1-2H3. The van der Waals surface area contributed by atoms with Gasteiger partial charge in [0.1, 0.15) is 28.8 Å². The topological polar surface area (TPSA) is 101 Å². The van der Waals surface area contributed by atoms with Crippen LogP contribution >= 0.6 is 8.15 Å². The smallest absolute Gasteiger partial charge is 0.274 e. The van der Waals surface area contributed by atoms with E-state index < -0.39 is 42.8 Å². The molecule has 3 atom stereocenters. The summed E-state index contributed by atoms with van der Waals surface area (Å²) >= 11 is 0. The number of rotatable bonds is 4. The Bertz CT molecular complexity index is 1180. The first kappa shape index (κ1) is 27.7. The second-order valence-corrected chi connectivity index (χ2v) is 10.9. The van der Waals surface area contributed by atoms with Crippen molar-refractivity contribution in [2.24, 2.45) is 11.7 Å². The van der Waals surface area contributed by atoms with Crippen LogP contribution in [0, 0.1) is 23.4 Å². The molecule has 2 aromatic heterocycles. The molecule has 1 fully saturated rings.